The van der Waals surface area contributed by atoms with E-state index < -0.39 is 17.7 Å². The molecule has 1 unspecified atom stereocenters. The maximum Gasteiger partial charge on any atom is 0.242 e. The molecule has 5 nitrogen and oxygen atoms in total. The second-order valence-corrected chi connectivity index (χ2v) is 3.37. The maximum absolute atomic E-state index is 11.5. The number of carbonyl (C=O) groups excluding carboxylic acids is 2. The number of hydrogen-bond acceptors (Lipinski definition) is 4. The van der Waals surface area contributed by atoms with Gasteiger partial charge < -0.3 is 16.2 Å². The summed E-state index contributed by atoms with van der Waals surface area (Å²) in [7, 11) is 1.56. The van der Waals surface area contributed by atoms with Crippen LogP contribution in [0.3, 0.4) is 0 Å². The van der Waals surface area contributed by atoms with Crippen molar-refractivity contribution in [3.05, 3.63) is 29.8 Å². The van der Waals surface area contributed by atoms with E-state index in [0.29, 0.717) is 5.75 Å². The molecule has 0 aliphatic rings. The maximum atomic E-state index is 11.5. The number of carbonyl (C=O) groups is 2. The summed E-state index contributed by atoms with van der Waals surface area (Å²) < 4.78 is 4.98. The number of hydrogen-bond donors (Lipinski definition) is 2. The number of benzene rings is 1. The van der Waals surface area contributed by atoms with Crippen LogP contribution < -0.4 is 16.2 Å². The van der Waals surface area contributed by atoms with E-state index in [1.807, 2.05) is 0 Å². The highest BCUT2D eigenvalue weighted by atomic mass is 16.5. The quantitative estimate of drug-likeness (QED) is 0.664. The van der Waals surface area contributed by atoms with Crippen molar-refractivity contribution in [1.29, 1.82) is 0 Å². The van der Waals surface area contributed by atoms with Gasteiger partial charge in [0.1, 0.15) is 11.8 Å². The topological polar surface area (TPSA) is 95.4 Å². The third-order valence-corrected chi connectivity index (χ3v) is 2.19. The SMILES string of the molecule is COc1ccc(CC(=O)C(N)C(N)=O)cc1. The summed E-state index contributed by atoms with van der Waals surface area (Å²) in [5.41, 5.74) is 11.0. The first-order chi connectivity index (χ1) is 7.54. The van der Waals surface area contributed by atoms with Crippen molar-refractivity contribution in [2.45, 2.75) is 12.5 Å². The molecule has 5 heteroatoms. The fourth-order valence-corrected chi connectivity index (χ4v) is 1.21. The summed E-state index contributed by atoms with van der Waals surface area (Å²) in [6.07, 6.45) is 0.0914. The predicted octanol–water partition coefficient (Wildman–Crippen LogP) is -0.381. The minimum atomic E-state index is -1.23. The second kappa shape index (κ2) is 5.27. The number of Topliss-reactive ketones (excluding diaryl/α,β-unsaturated/α-hetero) is 1. The van der Waals surface area contributed by atoms with Crippen LogP contribution in [-0.4, -0.2) is 24.8 Å². The molecule has 1 amide bonds. The molecule has 0 bridgehead atoms. The predicted molar refractivity (Wildman–Crippen MR) is 58.9 cm³/mol. The summed E-state index contributed by atoms with van der Waals surface area (Å²) in [5.74, 6) is -0.494. The lowest BCUT2D eigenvalue weighted by molar-refractivity contribution is -0.127. The van der Waals surface area contributed by atoms with Crippen LogP contribution in [0.1, 0.15) is 5.56 Å². The number of ketones is 1. The lowest BCUT2D eigenvalue weighted by Crippen LogP contribution is -2.43. The third-order valence-electron chi connectivity index (χ3n) is 2.19. The lowest BCUT2D eigenvalue weighted by atomic mass is 10.0. The smallest absolute Gasteiger partial charge is 0.242 e. The molecule has 0 aromatic heterocycles. The van der Waals surface area contributed by atoms with Gasteiger partial charge in [0.2, 0.25) is 5.91 Å². The van der Waals surface area contributed by atoms with Gasteiger partial charge in [0, 0.05) is 6.42 Å². The molecule has 0 aliphatic heterocycles. The normalized spacial score (nSPS) is 11.9. The van der Waals surface area contributed by atoms with E-state index in [9.17, 15) is 9.59 Å². The molecular weight excluding hydrogens is 208 g/mol. The Balaban J connectivity index is 2.66. The van der Waals surface area contributed by atoms with E-state index in [-0.39, 0.29) is 6.42 Å². The summed E-state index contributed by atoms with van der Waals surface area (Å²) in [4.78, 5) is 22.1. The van der Waals surface area contributed by atoms with Gasteiger partial charge in [-0.15, -0.1) is 0 Å². The van der Waals surface area contributed by atoms with E-state index in [2.05, 4.69) is 0 Å². The highest BCUT2D eigenvalue weighted by Gasteiger charge is 2.18. The van der Waals surface area contributed by atoms with Crippen LogP contribution in [0.5, 0.6) is 5.75 Å². The summed E-state index contributed by atoms with van der Waals surface area (Å²) in [6, 6.07) is 5.72. The molecule has 1 atom stereocenters. The zero-order valence-corrected chi connectivity index (χ0v) is 8.97. The molecule has 4 N–H and O–H groups in total. The zero-order chi connectivity index (χ0) is 12.1. The largest absolute Gasteiger partial charge is 0.497 e. The highest BCUT2D eigenvalue weighted by Crippen LogP contribution is 2.12. The first-order valence-electron chi connectivity index (χ1n) is 4.75. The molecule has 86 valence electrons. The Morgan fingerprint density at radius 1 is 1.31 bits per heavy atom. The van der Waals surface area contributed by atoms with Crippen LogP contribution in [0.4, 0.5) is 0 Å². The van der Waals surface area contributed by atoms with Crippen LogP contribution in [0, 0.1) is 0 Å². The molecule has 0 saturated heterocycles. The molecule has 1 rings (SSSR count). The van der Waals surface area contributed by atoms with Crippen molar-refractivity contribution in [3.63, 3.8) is 0 Å². The number of rotatable bonds is 5. The molecule has 0 radical (unpaired) electrons. The Morgan fingerprint density at radius 2 is 1.88 bits per heavy atom. The molecule has 1 aromatic carbocycles. The van der Waals surface area contributed by atoms with Crippen molar-refractivity contribution < 1.29 is 14.3 Å². The first-order valence-corrected chi connectivity index (χ1v) is 4.75. The first kappa shape index (κ1) is 12.2. The number of amides is 1. The molecule has 0 aliphatic carbocycles. The number of ether oxygens (including phenoxy) is 1. The van der Waals surface area contributed by atoms with Gasteiger partial charge in [-0.3, -0.25) is 9.59 Å². The molecule has 0 spiro atoms. The third kappa shape index (κ3) is 3.06. The second-order valence-electron chi connectivity index (χ2n) is 3.37. The van der Waals surface area contributed by atoms with Crippen molar-refractivity contribution >= 4 is 11.7 Å². The Morgan fingerprint density at radius 3 is 2.31 bits per heavy atom. The van der Waals surface area contributed by atoms with Crippen LogP contribution in [0.15, 0.2) is 24.3 Å². The van der Waals surface area contributed by atoms with Crippen LogP contribution in [0.25, 0.3) is 0 Å². The average Bonchev–Trinajstić information content (AvgIpc) is 2.28. The molecule has 0 fully saturated rings. The van der Waals surface area contributed by atoms with E-state index in [1.54, 1.807) is 31.4 Å². The van der Waals surface area contributed by atoms with Gasteiger partial charge in [-0.1, -0.05) is 12.1 Å². The Labute approximate surface area is 93.4 Å². The van der Waals surface area contributed by atoms with Gasteiger partial charge in [-0.25, -0.2) is 0 Å². The fourth-order valence-electron chi connectivity index (χ4n) is 1.21. The van der Waals surface area contributed by atoms with Gasteiger partial charge >= 0.3 is 0 Å². The highest BCUT2D eigenvalue weighted by molar-refractivity contribution is 6.05. The Hall–Kier alpha value is -1.88. The van der Waals surface area contributed by atoms with E-state index in [1.165, 1.54) is 0 Å². The van der Waals surface area contributed by atoms with E-state index >= 15 is 0 Å². The van der Waals surface area contributed by atoms with Gasteiger partial charge in [-0.2, -0.15) is 0 Å². The summed E-state index contributed by atoms with van der Waals surface area (Å²) in [6.45, 7) is 0. The molecule has 1 aromatic rings. The molecule has 16 heavy (non-hydrogen) atoms. The molecular formula is C11H14N2O3. The van der Waals surface area contributed by atoms with Crippen molar-refractivity contribution in [2.24, 2.45) is 11.5 Å². The Kier molecular flexibility index (Phi) is 4.02. The standard InChI is InChI=1S/C11H14N2O3/c1-16-8-4-2-7(3-5-8)6-9(14)10(12)11(13)15/h2-5,10H,6,12H2,1H3,(H2,13,15). The monoisotopic (exact) mass is 222 g/mol. The van der Waals surface area contributed by atoms with Crippen LogP contribution >= 0.6 is 0 Å². The molecule has 0 saturated carbocycles. The van der Waals surface area contributed by atoms with Crippen molar-refractivity contribution in [1.82, 2.24) is 0 Å². The minimum Gasteiger partial charge on any atom is -0.497 e. The number of nitrogens with two attached hydrogens (primary N) is 2. The van der Waals surface area contributed by atoms with E-state index in [4.69, 9.17) is 16.2 Å². The van der Waals surface area contributed by atoms with Crippen LogP contribution in [0.2, 0.25) is 0 Å². The van der Waals surface area contributed by atoms with Gasteiger partial charge in [-0.05, 0) is 17.7 Å². The summed E-state index contributed by atoms with van der Waals surface area (Å²) in [5, 5.41) is 0. The number of methoxy groups -OCH3 is 1. The Bertz CT molecular complexity index is 387. The van der Waals surface area contributed by atoms with Gasteiger partial charge in [0.05, 0.1) is 7.11 Å². The van der Waals surface area contributed by atoms with Crippen molar-refractivity contribution in [2.75, 3.05) is 7.11 Å². The molecule has 0 heterocycles. The van der Waals surface area contributed by atoms with Gasteiger partial charge in [0.15, 0.2) is 5.78 Å². The van der Waals surface area contributed by atoms with Gasteiger partial charge in [0.25, 0.3) is 0 Å². The van der Waals surface area contributed by atoms with Crippen LogP contribution in [-0.2, 0) is 16.0 Å². The average molecular weight is 222 g/mol. The lowest BCUT2D eigenvalue weighted by Gasteiger charge is -2.06. The number of primary amides is 1. The summed E-state index contributed by atoms with van der Waals surface area (Å²) >= 11 is 0. The minimum absolute atomic E-state index is 0.0914. The zero-order valence-electron chi connectivity index (χ0n) is 8.97. The van der Waals surface area contributed by atoms with Crippen molar-refractivity contribution in [3.8, 4) is 5.75 Å². The fraction of sp³-hybridized carbons (Fsp3) is 0.273. The van der Waals surface area contributed by atoms with E-state index in [0.717, 1.165) is 5.56 Å².